The first-order valence-corrected chi connectivity index (χ1v) is 9.27. The molecule has 1 aromatic carbocycles. The largest absolute Gasteiger partial charge is 0.478 e. The number of nitrogens with zero attached hydrogens (tertiary/aromatic N) is 5. The molecule has 0 spiro atoms. The average molecular weight is 384 g/mol. The lowest BCUT2D eigenvalue weighted by Crippen LogP contribution is -2.36. The topological polar surface area (TPSA) is 84.6 Å². The van der Waals surface area contributed by atoms with Gasteiger partial charge in [0, 0.05) is 13.1 Å². The van der Waals surface area contributed by atoms with Crippen molar-refractivity contribution in [2.24, 2.45) is 0 Å². The predicted octanol–water partition coefficient (Wildman–Crippen LogP) is 1.95. The van der Waals surface area contributed by atoms with Crippen LogP contribution in [0.5, 0.6) is 5.75 Å². The van der Waals surface area contributed by atoms with Gasteiger partial charge in [-0.1, -0.05) is 12.1 Å². The molecule has 1 saturated heterocycles. The summed E-state index contributed by atoms with van der Waals surface area (Å²) in [5, 5.41) is 15.5. The van der Waals surface area contributed by atoms with Crippen molar-refractivity contribution in [1.82, 2.24) is 25.1 Å². The van der Waals surface area contributed by atoms with Crippen molar-refractivity contribution < 1.29 is 13.9 Å². The highest BCUT2D eigenvalue weighted by Gasteiger charge is 2.19. The molecule has 0 radical (unpaired) electrons. The number of hydrogen-bond donors (Lipinski definition) is 1. The van der Waals surface area contributed by atoms with E-state index in [4.69, 9.17) is 4.74 Å². The standard InChI is InChI=1S/C19H21FN6O2/c1-13(28-15-7-3-2-6-14(15)20)19(27)21-12-18-23-22-16-8-9-17(24-26(16)18)25-10-4-5-11-25/h2-3,6-9,13H,4-5,10-12H2,1H3,(H,21,27)/t13-/m0/s1. The van der Waals surface area contributed by atoms with Crippen LogP contribution in [0.3, 0.4) is 0 Å². The molecular formula is C19H21FN6O2. The second kappa shape index (κ2) is 7.79. The number of carbonyl (C=O) groups is 1. The summed E-state index contributed by atoms with van der Waals surface area (Å²) < 4.78 is 20.7. The highest BCUT2D eigenvalue weighted by atomic mass is 19.1. The van der Waals surface area contributed by atoms with Crippen LogP contribution in [0.25, 0.3) is 5.65 Å². The van der Waals surface area contributed by atoms with Crippen molar-refractivity contribution in [1.29, 1.82) is 0 Å². The Morgan fingerprint density at radius 3 is 2.79 bits per heavy atom. The number of benzene rings is 1. The van der Waals surface area contributed by atoms with Gasteiger partial charge in [0.2, 0.25) is 0 Å². The maximum Gasteiger partial charge on any atom is 0.261 e. The Bertz CT molecular complexity index is 985. The maximum absolute atomic E-state index is 13.7. The SMILES string of the molecule is C[C@H](Oc1ccccc1F)C(=O)NCc1nnc2ccc(N3CCCC3)nn12. The lowest BCUT2D eigenvalue weighted by molar-refractivity contribution is -0.127. The molecule has 4 rings (SSSR count). The molecule has 8 nitrogen and oxygen atoms in total. The highest BCUT2D eigenvalue weighted by Crippen LogP contribution is 2.18. The third-order valence-electron chi connectivity index (χ3n) is 4.67. The Morgan fingerprint density at radius 1 is 1.21 bits per heavy atom. The van der Waals surface area contributed by atoms with E-state index < -0.39 is 11.9 Å². The van der Waals surface area contributed by atoms with E-state index in [1.165, 1.54) is 12.1 Å². The molecule has 1 fully saturated rings. The molecule has 1 N–H and O–H groups in total. The normalized spacial score (nSPS) is 15.0. The van der Waals surface area contributed by atoms with Crippen molar-refractivity contribution in [2.45, 2.75) is 32.4 Å². The van der Waals surface area contributed by atoms with Gasteiger partial charge in [-0.2, -0.15) is 4.52 Å². The molecule has 3 aromatic rings. The van der Waals surface area contributed by atoms with E-state index >= 15 is 0 Å². The summed E-state index contributed by atoms with van der Waals surface area (Å²) in [4.78, 5) is 14.5. The molecule has 1 amide bonds. The zero-order valence-corrected chi connectivity index (χ0v) is 15.5. The van der Waals surface area contributed by atoms with Gasteiger partial charge >= 0.3 is 0 Å². The summed E-state index contributed by atoms with van der Waals surface area (Å²) in [7, 11) is 0. The second-order valence-corrected chi connectivity index (χ2v) is 6.68. The quantitative estimate of drug-likeness (QED) is 0.699. The van der Waals surface area contributed by atoms with Crippen LogP contribution in [0.1, 0.15) is 25.6 Å². The number of fused-ring (bicyclic) bond motifs is 1. The van der Waals surface area contributed by atoms with Gasteiger partial charge in [0.15, 0.2) is 29.1 Å². The van der Waals surface area contributed by atoms with Gasteiger partial charge in [0.05, 0.1) is 6.54 Å². The van der Waals surface area contributed by atoms with E-state index in [-0.39, 0.29) is 18.2 Å². The van der Waals surface area contributed by atoms with Crippen LogP contribution < -0.4 is 15.0 Å². The van der Waals surface area contributed by atoms with Crippen molar-refractivity contribution in [3.8, 4) is 5.75 Å². The molecule has 1 atom stereocenters. The molecule has 2 aromatic heterocycles. The van der Waals surface area contributed by atoms with E-state index in [2.05, 4.69) is 25.5 Å². The zero-order chi connectivity index (χ0) is 19.5. The van der Waals surface area contributed by atoms with Crippen molar-refractivity contribution in [2.75, 3.05) is 18.0 Å². The molecule has 146 valence electrons. The molecule has 1 aliphatic heterocycles. The summed E-state index contributed by atoms with van der Waals surface area (Å²) in [6.07, 6.45) is 1.46. The number of amides is 1. The number of anilines is 1. The minimum atomic E-state index is -0.857. The molecule has 0 aliphatic carbocycles. The number of para-hydroxylation sites is 1. The first-order chi connectivity index (χ1) is 13.6. The first-order valence-electron chi connectivity index (χ1n) is 9.27. The molecule has 0 bridgehead atoms. The van der Waals surface area contributed by atoms with E-state index in [0.717, 1.165) is 31.7 Å². The third kappa shape index (κ3) is 3.73. The fourth-order valence-corrected chi connectivity index (χ4v) is 3.14. The molecule has 28 heavy (non-hydrogen) atoms. The van der Waals surface area contributed by atoms with Gasteiger partial charge < -0.3 is 15.0 Å². The molecule has 9 heteroatoms. The van der Waals surface area contributed by atoms with Crippen LogP contribution in [0.15, 0.2) is 36.4 Å². The second-order valence-electron chi connectivity index (χ2n) is 6.68. The van der Waals surface area contributed by atoms with Crippen molar-refractivity contribution in [3.63, 3.8) is 0 Å². The van der Waals surface area contributed by atoms with Crippen LogP contribution in [0.2, 0.25) is 0 Å². The molecule has 0 unspecified atom stereocenters. The van der Waals surface area contributed by atoms with E-state index in [1.807, 2.05) is 12.1 Å². The zero-order valence-electron chi connectivity index (χ0n) is 15.5. The van der Waals surface area contributed by atoms with Gasteiger partial charge in [-0.15, -0.1) is 15.3 Å². The number of nitrogens with one attached hydrogen (secondary N) is 1. The summed E-state index contributed by atoms with van der Waals surface area (Å²) in [5.74, 6) is 0.533. The van der Waals surface area contributed by atoms with Crippen molar-refractivity contribution in [3.05, 3.63) is 48.0 Å². The lowest BCUT2D eigenvalue weighted by Gasteiger charge is -2.16. The van der Waals surface area contributed by atoms with Crippen LogP contribution in [-0.4, -0.2) is 44.9 Å². The fourth-order valence-electron chi connectivity index (χ4n) is 3.14. The van der Waals surface area contributed by atoms with Gasteiger partial charge in [-0.3, -0.25) is 4.79 Å². The Labute approximate surface area is 161 Å². The van der Waals surface area contributed by atoms with Crippen molar-refractivity contribution >= 4 is 17.4 Å². The van der Waals surface area contributed by atoms with Gasteiger partial charge in [0.25, 0.3) is 5.91 Å². The minimum absolute atomic E-state index is 0.0370. The van der Waals surface area contributed by atoms with Crippen LogP contribution in [-0.2, 0) is 11.3 Å². The van der Waals surface area contributed by atoms with Gasteiger partial charge in [-0.25, -0.2) is 4.39 Å². The van der Waals surface area contributed by atoms with Gasteiger partial charge in [-0.05, 0) is 44.0 Å². The number of ether oxygens (including phenoxy) is 1. The number of rotatable bonds is 6. The smallest absolute Gasteiger partial charge is 0.261 e. The third-order valence-corrected chi connectivity index (χ3v) is 4.67. The number of carbonyl (C=O) groups excluding carboxylic acids is 1. The molecule has 1 aliphatic rings. The minimum Gasteiger partial charge on any atom is -0.478 e. The molecule has 3 heterocycles. The van der Waals surface area contributed by atoms with E-state index in [1.54, 1.807) is 23.6 Å². The molecular weight excluding hydrogens is 363 g/mol. The van der Waals surface area contributed by atoms with E-state index in [9.17, 15) is 9.18 Å². The predicted molar refractivity (Wildman–Crippen MR) is 101 cm³/mol. The van der Waals surface area contributed by atoms with Crippen LogP contribution in [0, 0.1) is 5.82 Å². The van der Waals surface area contributed by atoms with Gasteiger partial charge in [0.1, 0.15) is 5.82 Å². The Kier molecular flexibility index (Phi) is 5.05. The number of halogens is 1. The number of hydrogen-bond acceptors (Lipinski definition) is 6. The summed E-state index contributed by atoms with van der Waals surface area (Å²) in [5.41, 5.74) is 0.614. The fraction of sp³-hybridized carbons (Fsp3) is 0.368. The van der Waals surface area contributed by atoms with Crippen LogP contribution in [0.4, 0.5) is 10.2 Å². The summed E-state index contributed by atoms with van der Waals surface area (Å²) >= 11 is 0. The van der Waals surface area contributed by atoms with Crippen LogP contribution >= 0.6 is 0 Å². The van der Waals surface area contributed by atoms with E-state index in [0.29, 0.717) is 11.5 Å². The number of aromatic nitrogens is 4. The lowest BCUT2D eigenvalue weighted by atomic mass is 10.3. The Hall–Kier alpha value is -3.23. The average Bonchev–Trinajstić information content (AvgIpc) is 3.37. The molecule has 0 saturated carbocycles. The summed E-state index contributed by atoms with van der Waals surface area (Å²) in [6, 6.07) is 9.77. The Morgan fingerprint density at radius 2 is 2.00 bits per heavy atom. The highest BCUT2D eigenvalue weighted by molar-refractivity contribution is 5.80. The first kappa shape index (κ1) is 18.1. The Balaban J connectivity index is 1.42. The monoisotopic (exact) mass is 384 g/mol. The summed E-state index contributed by atoms with van der Waals surface area (Å²) in [6.45, 7) is 3.67. The maximum atomic E-state index is 13.7.